The molecule has 86 valence electrons. The van der Waals surface area contributed by atoms with Gasteiger partial charge in [0.1, 0.15) is 12.1 Å². The van der Waals surface area contributed by atoms with E-state index in [1.807, 2.05) is 0 Å². The summed E-state index contributed by atoms with van der Waals surface area (Å²) in [5.74, 6) is -0.698. The minimum atomic E-state index is -0.537. The maximum Gasteiger partial charge on any atom is 0.168 e. The number of carbonyl (C=O) groups excluding carboxylic acids is 1. The molecule has 1 aromatic heterocycles. The lowest BCUT2D eigenvalue weighted by Gasteiger charge is -2.01. The zero-order valence-electron chi connectivity index (χ0n) is 8.73. The van der Waals surface area contributed by atoms with Crippen molar-refractivity contribution in [3.8, 4) is 0 Å². The minimum absolute atomic E-state index is 0.0569. The molecule has 3 nitrogen and oxygen atoms in total. The number of benzene rings is 1. The van der Waals surface area contributed by atoms with E-state index in [4.69, 9.17) is 11.6 Å². The predicted molar refractivity (Wildman–Crippen MR) is 61.5 cm³/mol. The summed E-state index contributed by atoms with van der Waals surface area (Å²) in [7, 11) is 0. The van der Waals surface area contributed by atoms with Crippen LogP contribution in [0.5, 0.6) is 0 Å². The molecule has 0 saturated carbocycles. The first-order valence-corrected chi connectivity index (χ1v) is 5.28. The topological polar surface area (TPSA) is 42.9 Å². The van der Waals surface area contributed by atoms with Crippen molar-refractivity contribution < 1.29 is 9.18 Å². The third-order valence-corrected chi connectivity index (χ3v) is 2.52. The third kappa shape index (κ3) is 2.85. The second-order valence-corrected chi connectivity index (χ2v) is 3.84. The van der Waals surface area contributed by atoms with Gasteiger partial charge in [0.25, 0.3) is 0 Å². The lowest BCUT2D eigenvalue weighted by Crippen LogP contribution is -2.05. The molecule has 0 spiro atoms. The summed E-state index contributed by atoms with van der Waals surface area (Å²) in [6, 6.07) is 5.56. The monoisotopic (exact) mass is 250 g/mol. The number of Topliss-reactive ketones (excluding diaryl/α,β-unsaturated/α-hetero) is 1. The van der Waals surface area contributed by atoms with E-state index in [9.17, 15) is 9.18 Å². The van der Waals surface area contributed by atoms with Crippen LogP contribution in [0, 0.1) is 5.82 Å². The lowest BCUT2D eigenvalue weighted by atomic mass is 10.1. The quantitative estimate of drug-likeness (QED) is 0.787. The molecule has 17 heavy (non-hydrogen) atoms. The van der Waals surface area contributed by atoms with Crippen LogP contribution in [0.15, 0.2) is 36.8 Å². The molecule has 1 heterocycles. The summed E-state index contributed by atoms with van der Waals surface area (Å²) in [6.07, 6.45) is 3.08. The molecular weight excluding hydrogens is 243 g/mol. The smallest absolute Gasteiger partial charge is 0.168 e. The number of carbonyl (C=O) groups is 1. The summed E-state index contributed by atoms with van der Waals surface area (Å²) in [5.41, 5.74) is 0.987. The average Bonchev–Trinajstić information content (AvgIpc) is 2.34. The van der Waals surface area contributed by atoms with Gasteiger partial charge < -0.3 is 0 Å². The molecule has 0 aliphatic heterocycles. The van der Waals surface area contributed by atoms with Crippen LogP contribution in [0.3, 0.4) is 0 Å². The average molecular weight is 251 g/mol. The van der Waals surface area contributed by atoms with E-state index >= 15 is 0 Å². The molecule has 0 amide bonds. The van der Waals surface area contributed by atoms with Gasteiger partial charge in [-0.3, -0.25) is 4.79 Å². The number of halogens is 2. The van der Waals surface area contributed by atoms with Crippen LogP contribution in [0.2, 0.25) is 5.02 Å². The molecule has 0 fully saturated rings. The van der Waals surface area contributed by atoms with Gasteiger partial charge in [0.15, 0.2) is 5.78 Å². The number of hydrogen-bond acceptors (Lipinski definition) is 3. The van der Waals surface area contributed by atoms with Gasteiger partial charge in [0.05, 0.1) is 17.1 Å². The van der Waals surface area contributed by atoms with Gasteiger partial charge in [-0.25, -0.2) is 14.4 Å². The molecule has 0 saturated heterocycles. The normalized spacial score (nSPS) is 10.2. The van der Waals surface area contributed by atoms with E-state index in [2.05, 4.69) is 9.97 Å². The largest absolute Gasteiger partial charge is 0.294 e. The van der Waals surface area contributed by atoms with E-state index in [1.54, 1.807) is 12.3 Å². The second kappa shape index (κ2) is 5.01. The van der Waals surface area contributed by atoms with Crippen LogP contribution < -0.4 is 0 Å². The van der Waals surface area contributed by atoms with Crippen molar-refractivity contribution >= 4 is 17.4 Å². The van der Waals surface area contributed by atoms with Gasteiger partial charge in [-0.2, -0.15) is 0 Å². The van der Waals surface area contributed by atoms with Crippen LogP contribution in [-0.2, 0) is 6.42 Å². The van der Waals surface area contributed by atoms with Crippen LogP contribution >= 0.6 is 11.6 Å². The van der Waals surface area contributed by atoms with E-state index in [1.165, 1.54) is 24.5 Å². The van der Waals surface area contributed by atoms with E-state index in [-0.39, 0.29) is 17.2 Å². The van der Waals surface area contributed by atoms with Gasteiger partial charge in [-0.05, 0) is 24.3 Å². The molecule has 0 N–H and O–H groups in total. The number of aromatic nitrogens is 2. The summed E-state index contributed by atoms with van der Waals surface area (Å²) in [5, 5.41) is -0.0569. The number of nitrogens with zero attached hydrogens (tertiary/aromatic N) is 2. The van der Waals surface area contributed by atoms with Crippen molar-refractivity contribution in [1.82, 2.24) is 9.97 Å². The van der Waals surface area contributed by atoms with Crippen LogP contribution in [-0.4, -0.2) is 15.8 Å². The number of ketones is 1. The highest BCUT2D eigenvalue weighted by atomic mass is 35.5. The Hall–Kier alpha value is -1.81. The Bertz CT molecular complexity index is 545. The predicted octanol–water partition coefficient (Wildman–Crippen LogP) is 2.69. The molecule has 0 atom stereocenters. The van der Waals surface area contributed by atoms with Crippen molar-refractivity contribution in [3.63, 3.8) is 0 Å². The van der Waals surface area contributed by atoms with Gasteiger partial charge in [-0.15, -0.1) is 0 Å². The van der Waals surface area contributed by atoms with Crippen LogP contribution in [0.4, 0.5) is 4.39 Å². The minimum Gasteiger partial charge on any atom is -0.294 e. The van der Waals surface area contributed by atoms with Crippen molar-refractivity contribution in [3.05, 3.63) is 58.9 Å². The Morgan fingerprint density at radius 3 is 2.82 bits per heavy atom. The first-order chi connectivity index (χ1) is 8.16. The summed E-state index contributed by atoms with van der Waals surface area (Å²) in [4.78, 5) is 19.5. The Labute approximate surface area is 102 Å². The van der Waals surface area contributed by atoms with Crippen molar-refractivity contribution in [2.45, 2.75) is 6.42 Å². The first-order valence-electron chi connectivity index (χ1n) is 4.90. The van der Waals surface area contributed by atoms with E-state index < -0.39 is 5.82 Å². The van der Waals surface area contributed by atoms with Crippen molar-refractivity contribution in [1.29, 1.82) is 0 Å². The van der Waals surface area contributed by atoms with Gasteiger partial charge in [0, 0.05) is 11.8 Å². The highest BCUT2D eigenvalue weighted by Crippen LogP contribution is 2.17. The fourth-order valence-corrected chi connectivity index (χ4v) is 1.54. The van der Waals surface area contributed by atoms with Gasteiger partial charge >= 0.3 is 0 Å². The third-order valence-electron chi connectivity index (χ3n) is 2.23. The lowest BCUT2D eigenvalue weighted by molar-refractivity contribution is 0.0992. The fraction of sp³-hybridized carbons (Fsp3) is 0.0833. The SMILES string of the molecule is O=C(Cc1ccncn1)c1ccc(F)c(Cl)c1. The summed E-state index contributed by atoms with van der Waals surface area (Å²) in [6.45, 7) is 0. The summed E-state index contributed by atoms with van der Waals surface area (Å²) >= 11 is 5.61. The molecule has 2 rings (SSSR count). The Morgan fingerprint density at radius 2 is 2.18 bits per heavy atom. The number of hydrogen-bond donors (Lipinski definition) is 0. The molecule has 0 bridgehead atoms. The standard InChI is InChI=1S/C12H8ClFN2O/c13-10-5-8(1-2-11(10)14)12(17)6-9-3-4-15-7-16-9/h1-5,7H,6H2. The Kier molecular flexibility index (Phi) is 3.44. The first kappa shape index (κ1) is 11.7. The van der Waals surface area contributed by atoms with Crippen molar-refractivity contribution in [2.75, 3.05) is 0 Å². The molecule has 0 unspecified atom stereocenters. The van der Waals surface area contributed by atoms with E-state index in [0.29, 0.717) is 11.3 Å². The highest BCUT2D eigenvalue weighted by molar-refractivity contribution is 6.31. The van der Waals surface area contributed by atoms with Gasteiger partial charge in [0.2, 0.25) is 0 Å². The molecule has 0 aliphatic rings. The Balaban J connectivity index is 2.18. The van der Waals surface area contributed by atoms with Crippen LogP contribution in [0.25, 0.3) is 0 Å². The maximum absolute atomic E-state index is 12.9. The fourth-order valence-electron chi connectivity index (χ4n) is 1.36. The van der Waals surface area contributed by atoms with Crippen molar-refractivity contribution in [2.24, 2.45) is 0 Å². The maximum atomic E-state index is 12.9. The van der Waals surface area contributed by atoms with Gasteiger partial charge in [-0.1, -0.05) is 11.6 Å². The summed E-state index contributed by atoms with van der Waals surface area (Å²) < 4.78 is 12.9. The molecule has 0 aliphatic carbocycles. The zero-order valence-corrected chi connectivity index (χ0v) is 9.49. The van der Waals surface area contributed by atoms with Crippen LogP contribution in [0.1, 0.15) is 16.1 Å². The molecule has 2 aromatic rings. The molecular formula is C12H8ClFN2O. The van der Waals surface area contributed by atoms with E-state index in [0.717, 1.165) is 0 Å². The second-order valence-electron chi connectivity index (χ2n) is 3.43. The molecule has 1 aromatic carbocycles. The zero-order chi connectivity index (χ0) is 12.3. The Morgan fingerprint density at radius 1 is 1.35 bits per heavy atom. The molecule has 0 radical (unpaired) electrons. The number of rotatable bonds is 3. The highest BCUT2D eigenvalue weighted by Gasteiger charge is 2.10. The molecule has 5 heteroatoms.